The van der Waals surface area contributed by atoms with Crippen LogP contribution in [0.4, 0.5) is 4.79 Å². The second-order valence-electron chi connectivity index (χ2n) is 5.27. The Hall–Kier alpha value is -2.04. The Morgan fingerprint density at radius 3 is 2.37 bits per heavy atom. The molecule has 0 heterocycles. The minimum absolute atomic E-state index is 0.106. The van der Waals surface area contributed by atoms with Crippen LogP contribution in [0.1, 0.15) is 31.9 Å². The van der Waals surface area contributed by atoms with Crippen LogP contribution in [0.3, 0.4) is 0 Å². The summed E-state index contributed by atoms with van der Waals surface area (Å²) in [6.07, 6.45) is -0.541. The summed E-state index contributed by atoms with van der Waals surface area (Å²) in [5.74, 6) is 0. The average molecular weight is 264 g/mol. The monoisotopic (exact) mass is 264 g/mol. The fourth-order valence-electron chi connectivity index (χ4n) is 1.41. The zero-order chi connectivity index (χ0) is 14.5. The van der Waals surface area contributed by atoms with Gasteiger partial charge in [-0.25, -0.2) is 4.79 Å². The molecule has 0 aromatic heterocycles. The van der Waals surface area contributed by atoms with Gasteiger partial charge in [0.15, 0.2) is 0 Å². The molecular formula is C14H20N2O3. The molecule has 0 atom stereocenters. The highest BCUT2D eigenvalue weighted by molar-refractivity contribution is 6.02. The van der Waals surface area contributed by atoms with E-state index in [0.717, 1.165) is 11.1 Å². The van der Waals surface area contributed by atoms with E-state index in [1.807, 2.05) is 31.2 Å². The van der Waals surface area contributed by atoms with Crippen molar-refractivity contribution in [3.8, 4) is 0 Å². The maximum Gasteiger partial charge on any atom is 0.407 e. The quantitative estimate of drug-likeness (QED) is 0.501. The molecule has 0 aliphatic rings. The van der Waals surface area contributed by atoms with Crippen LogP contribution in [-0.2, 0) is 4.74 Å². The molecule has 1 amide bonds. The first kappa shape index (κ1) is 15.0. The molecule has 2 N–H and O–H groups in total. The van der Waals surface area contributed by atoms with Crippen molar-refractivity contribution in [1.82, 2.24) is 5.32 Å². The molecule has 0 radical (unpaired) electrons. The Morgan fingerprint density at radius 1 is 1.32 bits per heavy atom. The molecule has 0 unspecified atom stereocenters. The number of amides is 1. The standard InChI is InChI=1S/C14H20N2O3/c1-10-5-7-11(8-6-10)12(16-18)9-15-13(17)19-14(2,3)4/h5-8,18H,9H2,1-4H3,(H,15,17)/b16-12-. The number of oxime groups is 1. The highest BCUT2D eigenvalue weighted by Crippen LogP contribution is 2.07. The summed E-state index contributed by atoms with van der Waals surface area (Å²) >= 11 is 0. The van der Waals surface area contributed by atoms with Crippen LogP contribution < -0.4 is 5.32 Å². The maximum atomic E-state index is 11.5. The number of benzene rings is 1. The summed E-state index contributed by atoms with van der Waals surface area (Å²) in [5.41, 5.74) is 1.70. The summed E-state index contributed by atoms with van der Waals surface area (Å²) in [6, 6.07) is 7.49. The number of nitrogens with one attached hydrogen (secondary N) is 1. The van der Waals surface area contributed by atoms with E-state index in [1.165, 1.54) is 0 Å². The minimum atomic E-state index is -0.551. The molecule has 1 aromatic rings. The van der Waals surface area contributed by atoms with Gasteiger partial charge in [0.25, 0.3) is 0 Å². The number of carbonyl (C=O) groups excluding carboxylic acids is 1. The number of nitrogens with zero attached hydrogens (tertiary/aromatic N) is 1. The van der Waals surface area contributed by atoms with Crippen molar-refractivity contribution in [2.45, 2.75) is 33.3 Å². The SMILES string of the molecule is Cc1ccc(/C(CNC(=O)OC(C)(C)C)=N\O)cc1. The van der Waals surface area contributed by atoms with E-state index in [9.17, 15) is 4.79 Å². The van der Waals surface area contributed by atoms with Gasteiger partial charge in [-0.2, -0.15) is 0 Å². The van der Waals surface area contributed by atoms with E-state index in [4.69, 9.17) is 9.94 Å². The van der Waals surface area contributed by atoms with Crippen LogP contribution >= 0.6 is 0 Å². The van der Waals surface area contributed by atoms with Crippen molar-refractivity contribution >= 4 is 11.8 Å². The topological polar surface area (TPSA) is 70.9 Å². The van der Waals surface area contributed by atoms with Gasteiger partial charge in [0.2, 0.25) is 0 Å². The number of hydrogen-bond donors (Lipinski definition) is 2. The Morgan fingerprint density at radius 2 is 1.89 bits per heavy atom. The fourth-order valence-corrected chi connectivity index (χ4v) is 1.41. The molecule has 0 saturated heterocycles. The summed E-state index contributed by atoms with van der Waals surface area (Å²) in [6.45, 7) is 7.43. The van der Waals surface area contributed by atoms with Crippen LogP contribution in [0.15, 0.2) is 29.4 Å². The van der Waals surface area contributed by atoms with E-state index in [2.05, 4.69) is 10.5 Å². The number of alkyl carbamates (subject to hydrolysis) is 1. The summed E-state index contributed by atoms with van der Waals surface area (Å²) < 4.78 is 5.10. The Balaban J connectivity index is 2.60. The van der Waals surface area contributed by atoms with Crippen LogP contribution in [0, 0.1) is 6.92 Å². The van der Waals surface area contributed by atoms with Crippen molar-refractivity contribution < 1.29 is 14.7 Å². The third kappa shape index (κ3) is 5.42. The van der Waals surface area contributed by atoms with Crippen LogP contribution in [-0.4, -0.2) is 29.2 Å². The molecule has 0 spiro atoms. The van der Waals surface area contributed by atoms with E-state index in [1.54, 1.807) is 20.8 Å². The predicted molar refractivity (Wildman–Crippen MR) is 73.7 cm³/mol. The average Bonchev–Trinajstić information content (AvgIpc) is 2.29. The fraction of sp³-hybridized carbons (Fsp3) is 0.429. The first-order chi connectivity index (χ1) is 8.81. The van der Waals surface area contributed by atoms with Gasteiger partial charge in [0.1, 0.15) is 11.3 Å². The molecule has 0 aliphatic heterocycles. The van der Waals surface area contributed by atoms with E-state index in [-0.39, 0.29) is 6.54 Å². The third-order valence-corrected chi connectivity index (χ3v) is 2.30. The summed E-state index contributed by atoms with van der Waals surface area (Å²) in [7, 11) is 0. The Labute approximate surface area is 113 Å². The van der Waals surface area contributed by atoms with Gasteiger partial charge in [-0.1, -0.05) is 35.0 Å². The zero-order valence-corrected chi connectivity index (χ0v) is 11.7. The van der Waals surface area contributed by atoms with Crippen molar-refractivity contribution in [3.63, 3.8) is 0 Å². The zero-order valence-electron chi connectivity index (χ0n) is 11.7. The minimum Gasteiger partial charge on any atom is -0.444 e. The van der Waals surface area contributed by atoms with Crippen molar-refractivity contribution in [2.75, 3.05) is 6.54 Å². The van der Waals surface area contributed by atoms with Gasteiger partial charge in [-0.15, -0.1) is 0 Å². The number of aryl methyl sites for hydroxylation is 1. The van der Waals surface area contributed by atoms with E-state index < -0.39 is 11.7 Å². The van der Waals surface area contributed by atoms with Gasteiger partial charge in [-0.3, -0.25) is 0 Å². The Bertz CT molecular complexity index is 459. The van der Waals surface area contributed by atoms with E-state index in [0.29, 0.717) is 5.71 Å². The first-order valence-corrected chi connectivity index (χ1v) is 6.06. The number of ether oxygens (including phenoxy) is 1. The van der Waals surface area contributed by atoms with Crippen LogP contribution in [0.5, 0.6) is 0 Å². The highest BCUT2D eigenvalue weighted by atomic mass is 16.6. The number of hydrogen-bond acceptors (Lipinski definition) is 4. The van der Waals surface area contributed by atoms with Gasteiger partial charge in [-0.05, 0) is 27.7 Å². The van der Waals surface area contributed by atoms with Crippen LogP contribution in [0.2, 0.25) is 0 Å². The molecule has 5 heteroatoms. The lowest BCUT2D eigenvalue weighted by atomic mass is 10.1. The van der Waals surface area contributed by atoms with E-state index >= 15 is 0 Å². The third-order valence-electron chi connectivity index (χ3n) is 2.30. The lowest BCUT2D eigenvalue weighted by molar-refractivity contribution is 0.0536. The molecule has 0 fully saturated rings. The number of carbonyl (C=O) groups is 1. The molecule has 0 bridgehead atoms. The van der Waals surface area contributed by atoms with Crippen molar-refractivity contribution in [2.24, 2.45) is 5.16 Å². The molecule has 0 aliphatic carbocycles. The van der Waals surface area contributed by atoms with Gasteiger partial charge in [0, 0.05) is 5.56 Å². The second-order valence-corrected chi connectivity index (χ2v) is 5.27. The molecule has 1 rings (SSSR count). The van der Waals surface area contributed by atoms with Gasteiger partial charge >= 0.3 is 6.09 Å². The molecule has 104 valence electrons. The molecule has 5 nitrogen and oxygen atoms in total. The lowest BCUT2D eigenvalue weighted by Crippen LogP contribution is -2.35. The Kier molecular flexibility index (Phi) is 4.92. The first-order valence-electron chi connectivity index (χ1n) is 6.06. The summed E-state index contributed by atoms with van der Waals surface area (Å²) in [4.78, 5) is 11.5. The normalized spacial score (nSPS) is 12.1. The molecule has 1 aromatic carbocycles. The van der Waals surface area contributed by atoms with Crippen molar-refractivity contribution in [3.05, 3.63) is 35.4 Å². The lowest BCUT2D eigenvalue weighted by Gasteiger charge is -2.19. The maximum absolute atomic E-state index is 11.5. The van der Waals surface area contributed by atoms with Crippen molar-refractivity contribution in [1.29, 1.82) is 0 Å². The summed E-state index contributed by atoms with van der Waals surface area (Å²) in [5, 5.41) is 14.7. The predicted octanol–water partition coefficient (Wildman–Crippen LogP) is 2.70. The number of rotatable bonds is 3. The molecule has 19 heavy (non-hydrogen) atoms. The van der Waals surface area contributed by atoms with Gasteiger partial charge in [0.05, 0.1) is 6.54 Å². The largest absolute Gasteiger partial charge is 0.444 e. The van der Waals surface area contributed by atoms with Gasteiger partial charge < -0.3 is 15.3 Å². The highest BCUT2D eigenvalue weighted by Gasteiger charge is 2.16. The van der Waals surface area contributed by atoms with Crippen LogP contribution in [0.25, 0.3) is 0 Å². The smallest absolute Gasteiger partial charge is 0.407 e. The second kappa shape index (κ2) is 6.22. The molecular weight excluding hydrogens is 244 g/mol. The molecule has 0 saturated carbocycles.